The van der Waals surface area contributed by atoms with Crippen molar-refractivity contribution < 1.29 is 9.15 Å². The lowest BCUT2D eigenvalue weighted by molar-refractivity contribution is 0.0932. The number of pyridine rings is 1. The summed E-state index contributed by atoms with van der Waals surface area (Å²) in [5.41, 5.74) is 2.18. The summed E-state index contributed by atoms with van der Waals surface area (Å²) in [7, 11) is 0. The number of ether oxygens (including phenoxy) is 1. The molecule has 1 aliphatic heterocycles. The quantitative estimate of drug-likeness (QED) is 0.769. The molecule has 5 heteroatoms. The summed E-state index contributed by atoms with van der Waals surface area (Å²) in [5.74, 6) is 0.873. The second-order valence-corrected chi connectivity index (χ2v) is 4.28. The predicted octanol–water partition coefficient (Wildman–Crippen LogP) is 2.82. The van der Waals surface area contributed by atoms with Gasteiger partial charge in [0.1, 0.15) is 18.5 Å². The van der Waals surface area contributed by atoms with E-state index >= 15 is 0 Å². The molecule has 0 saturated heterocycles. The molecule has 0 radical (unpaired) electrons. The zero-order valence-corrected chi connectivity index (χ0v) is 9.85. The minimum absolute atomic E-state index is 0.507. The number of hydrogen-bond acceptors (Lipinski definition) is 4. The Hall–Kier alpha value is -1.52. The van der Waals surface area contributed by atoms with Crippen LogP contribution in [0, 0.1) is 0 Å². The van der Waals surface area contributed by atoms with Gasteiger partial charge in [-0.2, -0.15) is 0 Å². The Balaban J connectivity index is 1.81. The number of anilines is 1. The van der Waals surface area contributed by atoms with E-state index in [1.165, 1.54) is 0 Å². The molecule has 0 bridgehead atoms. The Morgan fingerprint density at radius 1 is 1.35 bits per heavy atom. The SMILES string of the molecule is Clc1ccc(CN2COCc3occc32)cn1. The highest BCUT2D eigenvalue weighted by Gasteiger charge is 2.19. The molecule has 0 unspecified atom stereocenters. The number of rotatable bonds is 2. The van der Waals surface area contributed by atoms with E-state index in [9.17, 15) is 0 Å². The second-order valence-electron chi connectivity index (χ2n) is 3.89. The summed E-state index contributed by atoms with van der Waals surface area (Å²) in [6.45, 7) is 1.84. The molecule has 0 spiro atoms. The lowest BCUT2D eigenvalue weighted by Crippen LogP contribution is -2.29. The van der Waals surface area contributed by atoms with Crippen molar-refractivity contribution in [2.24, 2.45) is 0 Å². The van der Waals surface area contributed by atoms with Crippen molar-refractivity contribution in [3.63, 3.8) is 0 Å². The normalized spacial score (nSPS) is 14.8. The smallest absolute Gasteiger partial charge is 0.152 e. The van der Waals surface area contributed by atoms with Gasteiger partial charge in [0.05, 0.1) is 12.0 Å². The second kappa shape index (κ2) is 4.39. The van der Waals surface area contributed by atoms with Crippen molar-refractivity contribution >= 4 is 17.3 Å². The van der Waals surface area contributed by atoms with E-state index in [2.05, 4.69) is 9.88 Å². The summed E-state index contributed by atoms with van der Waals surface area (Å²) in [5, 5.41) is 0.507. The van der Waals surface area contributed by atoms with Crippen molar-refractivity contribution in [3.05, 3.63) is 47.1 Å². The van der Waals surface area contributed by atoms with E-state index in [1.54, 1.807) is 18.5 Å². The topological polar surface area (TPSA) is 38.5 Å². The fraction of sp³-hybridized carbons (Fsp3) is 0.250. The molecule has 3 rings (SSSR count). The van der Waals surface area contributed by atoms with Gasteiger partial charge in [0.25, 0.3) is 0 Å². The average molecular weight is 251 g/mol. The predicted molar refractivity (Wildman–Crippen MR) is 63.8 cm³/mol. The Morgan fingerprint density at radius 2 is 2.29 bits per heavy atom. The van der Waals surface area contributed by atoms with Gasteiger partial charge in [0, 0.05) is 18.8 Å². The maximum atomic E-state index is 5.75. The largest absolute Gasteiger partial charge is 0.465 e. The zero-order chi connectivity index (χ0) is 11.7. The van der Waals surface area contributed by atoms with Crippen molar-refractivity contribution in [2.45, 2.75) is 13.2 Å². The molecule has 0 amide bonds. The van der Waals surface area contributed by atoms with Crippen LogP contribution in [0.2, 0.25) is 5.15 Å². The first-order valence-corrected chi connectivity index (χ1v) is 5.70. The summed E-state index contributed by atoms with van der Waals surface area (Å²) in [4.78, 5) is 6.17. The molecule has 0 atom stereocenters. The lowest BCUT2D eigenvalue weighted by Gasteiger charge is -2.27. The number of nitrogens with zero attached hydrogens (tertiary/aromatic N) is 2. The van der Waals surface area contributed by atoms with Crippen LogP contribution in [0.25, 0.3) is 0 Å². The van der Waals surface area contributed by atoms with Crippen LogP contribution in [0.1, 0.15) is 11.3 Å². The van der Waals surface area contributed by atoms with Gasteiger partial charge < -0.3 is 14.1 Å². The molecule has 88 valence electrons. The minimum Gasteiger partial charge on any atom is -0.465 e. The van der Waals surface area contributed by atoms with E-state index in [4.69, 9.17) is 20.8 Å². The van der Waals surface area contributed by atoms with Crippen molar-refractivity contribution in [2.75, 3.05) is 11.6 Å². The molecule has 1 aliphatic rings. The minimum atomic E-state index is 0.507. The standard InChI is InChI=1S/C12H11ClN2O2/c13-12-2-1-9(5-14-12)6-15-8-16-7-11-10(15)3-4-17-11/h1-5H,6-8H2. The average Bonchev–Trinajstić information content (AvgIpc) is 2.81. The van der Waals surface area contributed by atoms with E-state index in [1.807, 2.05) is 12.1 Å². The van der Waals surface area contributed by atoms with E-state index in [0.717, 1.165) is 23.6 Å². The maximum absolute atomic E-state index is 5.75. The number of aromatic nitrogens is 1. The maximum Gasteiger partial charge on any atom is 0.152 e. The van der Waals surface area contributed by atoms with Crippen LogP contribution in [0.15, 0.2) is 35.1 Å². The van der Waals surface area contributed by atoms with Crippen molar-refractivity contribution in [3.8, 4) is 0 Å². The molecule has 2 aromatic rings. The van der Waals surface area contributed by atoms with Gasteiger partial charge in [-0.25, -0.2) is 4.98 Å². The lowest BCUT2D eigenvalue weighted by atomic mass is 10.2. The van der Waals surface area contributed by atoms with Gasteiger partial charge >= 0.3 is 0 Å². The first kappa shape index (κ1) is 10.6. The zero-order valence-electron chi connectivity index (χ0n) is 9.10. The third-order valence-electron chi connectivity index (χ3n) is 2.70. The Morgan fingerprint density at radius 3 is 3.12 bits per heavy atom. The summed E-state index contributed by atoms with van der Waals surface area (Å²) in [6.07, 6.45) is 3.46. The van der Waals surface area contributed by atoms with E-state index < -0.39 is 0 Å². The Kier molecular flexibility index (Phi) is 2.74. The van der Waals surface area contributed by atoms with Crippen LogP contribution in [-0.4, -0.2) is 11.7 Å². The Bertz CT molecular complexity index is 509. The van der Waals surface area contributed by atoms with Gasteiger partial charge in [-0.05, 0) is 11.6 Å². The van der Waals surface area contributed by atoms with Crippen LogP contribution in [0.4, 0.5) is 5.69 Å². The van der Waals surface area contributed by atoms with Gasteiger partial charge in [0.15, 0.2) is 5.76 Å². The fourth-order valence-corrected chi connectivity index (χ4v) is 2.00. The van der Waals surface area contributed by atoms with Crippen LogP contribution in [0.3, 0.4) is 0 Å². The highest BCUT2D eigenvalue weighted by Crippen LogP contribution is 2.28. The van der Waals surface area contributed by atoms with E-state index in [-0.39, 0.29) is 0 Å². The molecule has 0 fully saturated rings. The molecule has 0 N–H and O–H groups in total. The van der Waals surface area contributed by atoms with Crippen LogP contribution >= 0.6 is 11.6 Å². The van der Waals surface area contributed by atoms with Gasteiger partial charge in [-0.3, -0.25) is 0 Å². The molecule has 0 aromatic carbocycles. The number of furan rings is 1. The Labute approximate surface area is 104 Å². The molecule has 17 heavy (non-hydrogen) atoms. The highest BCUT2D eigenvalue weighted by atomic mass is 35.5. The molecule has 3 heterocycles. The third kappa shape index (κ3) is 2.14. The van der Waals surface area contributed by atoms with Crippen molar-refractivity contribution in [1.82, 2.24) is 4.98 Å². The highest BCUT2D eigenvalue weighted by molar-refractivity contribution is 6.29. The van der Waals surface area contributed by atoms with Crippen LogP contribution in [0.5, 0.6) is 0 Å². The van der Waals surface area contributed by atoms with Gasteiger partial charge in [0.2, 0.25) is 0 Å². The third-order valence-corrected chi connectivity index (χ3v) is 2.93. The van der Waals surface area contributed by atoms with Crippen LogP contribution in [-0.2, 0) is 17.9 Å². The van der Waals surface area contributed by atoms with Crippen molar-refractivity contribution in [1.29, 1.82) is 0 Å². The fourth-order valence-electron chi connectivity index (χ4n) is 1.89. The van der Waals surface area contributed by atoms with E-state index in [0.29, 0.717) is 18.5 Å². The molecule has 4 nitrogen and oxygen atoms in total. The molecule has 0 saturated carbocycles. The van der Waals surface area contributed by atoms with Crippen LogP contribution < -0.4 is 4.90 Å². The number of fused-ring (bicyclic) bond motifs is 1. The number of halogens is 1. The molecular weight excluding hydrogens is 240 g/mol. The van der Waals surface area contributed by atoms with Gasteiger partial charge in [-0.15, -0.1) is 0 Å². The molecule has 2 aromatic heterocycles. The summed E-state index contributed by atoms with van der Waals surface area (Å²) < 4.78 is 10.8. The first-order valence-electron chi connectivity index (χ1n) is 5.32. The first-order chi connectivity index (χ1) is 8.33. The monoisotopic (exact) mass is 250 g/mol. The number of hydrogen-bond donors (Lipinski definition) is 0. The molecule has 0 aliphatic carbocycles. The van der Waals surface area contributed by atoms with Gasteiger partial charge in [-0.1, -0.05) is 17.7 Å². The molecular formula is C12H11ClN2O2. The summed E-state index contributed by atoms with van der Waals surface area (Å²) >= 11 is 5.75. The summed E-state index contributed by atoms with van der Waals surface area (Å²) in [6, 6.07) is 5.71.